The van der Waals surface area contributed by atoms with Crippen molar-refractivity contribution >= 4 is 15.9 Å². The Morgan fingerprint density at radius 1 is 1.50 bits per heavy atom. The van der Waals surface area contributed by atoms with Gasteiger partial charge in [0, 0.05) is 16.1 Å². The van der Waals surface area contributed by atoms with Crippen LogP contribution in [0.15, 0.2) is 22.7 Å². The Kier molecular flexibility index (Phi) is 5.80. The number of nitrogens with two attached hydrogens (primary N) is 1. The highest BCUT2D eigenvalue weighted by Crippen LogP contribution is 2.29. The van der Waals surface area contributed by atoms with Gasteiger partial charge in [0.1, 0.15) is 5.75 Å². The summed E-state index contributed by atoms with van der Waals surface area (Å²) in [5.41, 5.74) is 7.22. The van der Waals surface area contributed by atoms with E-state index in [-0.39, 0.29) is 6.04 Å². The molecule has 0 radical (unpaired) electrons. The maximum absolute atomic E-state index is 6.15. The van der Waals surface area contributed by atoms with Gasteiger partial charge in [-0.1, -0.05) is 15.9 Å². The maximum atomic E-state index is 6.15. The third-order valence-corrected chi connectivity index (χ3v) is 3.03. The van der Waals surface area contributed by atoms with Gasteiger partial charge in [-0.25, -0.2) is 0 Å². The molecule has 1 aromatic rings. The molecule has 4 heteroatoms. The number of methoxy groups -OCH3 is 1. The van der Waals surface area contributed by atoms with E-state index in [0.29, 0.717) is 0 Å². The molecule has 0 aliphatic rings. The normalized spacial score (nSPS) is 12.5. The van der Waals surface area contributed by atoms with E-state index in [2.05, 4.69) is 21.2 Å². The monoisotopic (exact) mass is 286 g/mol. The van der Waals surface area contributed by atoms with Crippen LogP contribution in [0.3, 0.4) is 0 Å². The molecule has 0 heterocycles. The van der Waals surface area contributed by atoms with E-state index in [1.807, 2.05) is 25.2 Å². The fourth-order valence-corrected chi connectivity index (χ4v) is 2.03. The van der Waals surface area contributed by atoms with Crippen molar-refractivity contribution < 1.29 is 4.74 Å². The molecular weight excluding hydrogens is 268 g/mol. The Balaban J connectivity index is 2.72. The fourth-order valence-electron chi connectivity index (χ4n) is 1.65. The quantitative estimate of drug-likeness (QED) is 0.790. The molecule has 3 nitrogen and oxygen atoms in total. The van der Waals surface area contributed by atoms with Gasteiger partial charge >= 0.3 is 0 Å². The molecule has 0 aliphatic carbocycles. The van der Waals surface area contributed by atoms with Crippen LogP contribution < -0.4 is 15.8 Å². The molecule has 0 aliphatic heterocycles. The molecule has 3 N–H and O–H groups in total. The lowest BCUT2D eigenvalue weighted by Crippen LogP contribution is -2.15. The zero-order chi connectivity index (χ0) is 12.0. The van der Waals surface area contributed by atoms with Crippen LogP contribution in [0.2, 0.25) is 0 Å². The first-order valence-corrected chi connectivity index (χ1v) is 6.22. The van der Waals surface area contributed by atoms with E-state index in [0.717, 1.165) is 35.2 Å². The highest BCUT2D eigenvalue weighted by molar-refractivity contribution is 9.10. The lowest BCUT2D eigenvalue weighted by atomic mass is 10.0. The van der Waals surface area contributed by atoms with Crippen LogP contribution in [0, 0.1) is 0 Å². The molecule has 1 unspecified atom stereocenters. The molecule has 0 saturated heterocycles. The second-order valence-corrected chi connectivity index (χ2v) is 4.65. The van der Waals surface area contributed by atoms with Gasteiger partial charge in [0.15, 0.2) is 0 Å². The van der Waals surface area contributed by atoms with E-state index in [4.69, 9.17) is 10.5 Å². The van der Waals surface area contributed by atoms with Crippen molar-refractivity contribution in [2.45, 2.75) is 18.9 Å². The van der Waals surface area contributed by atoms with Gasteiger partial charge in [0.25, 0.3) is 0 Å². The summed E-state index contributed by atoms with van der Waals surface area (Å²) in [4.78, 5) is 0. The van der Waals surface area contributed by atoms with Gasteiger partial charge in [-0.15, -0.1) is 0 Å². The van der Waals surface area contributed by atoms with Crippen molar-refractivity contribution in [2.75, 3.05) is 20.7 Å². The Labute approximate surface area is 105 Å². The predicted octanol–water partition coefficient (Wildman–Crippen LogP) is 2.46. The Morgan fingerprint density at radius 3 is 2.88 bits per heavy atom. The summed E-state index contributed by atoms with van der Waals surface area (Å²) in [7, 11) is 3.62. The molecule has 0 amide bonds. The van der Waals surface area contributed by atoms with E-state index in [1.165, 1.54) is 0 Å². The molecule has 16 heavy (non-hydrogen) atoms. The summed E-state index contributed by atoms with van der Waals surface area (Å²) in [6.45, 7) is 0.990. The number of halogens is 1. The van der Waals surface area contributed by atoms with Gasteiger partial charge < -0.3 is 15.8 Å². The molecular formula is C12H19BrN2O. The topological polar surface area (TPSA) is 47.3 Å². The van der Waals surface area contributed by atoms with Crippen LogP contribution in [0.5, 0.6) is 5.75 Å². The minimum absolute atomic E-state index is 0.0285. The Hall–Kier alpha value is -0.580. The third-order valence-electron chi connectivity index (χ3n) is 2.53. The molecule has 1 rings (SSSR count). The standard InChI is InChI=1S/C12H19BrN2O/c1-15-7-3-4-11(14)10-8-9(13)5-6-12(10)16-2/h5-6,8,11,15H,3-4,7,14H2,1-2H3. The Bertz CT molecular complexity index is 331. The van der Waals surface area contributed by atoms with Crippen molar-refractivity contribution in [3.63, 3.8) is 0 Å². The molecule has 0 aromatic heterocycles. The van der Waals surface area contributed by atoms with Crippen LogP contribution >= 0.6 is 15.9 Å². The number of hydrogen-bond donors (Lipinski definition) is 2. The van der Waals surface area contributed by atoms with Crippen molar-refractivity contribution in [3.05, 3.63) is 28.2 Å². The molecule has 1 aromatic carbocycles. The van der Waals surface area contributed by atoms with Crippen LogP contribution in [0.1, 0.15) is 24.4 Å². The molecule has 0 saturated carbocycles. The SMILES string of the molecule is CNCCCC(N)c1cc(Br)ccc1OC. The van der Waals surface area contributed by atoms with Crippen molar-refractivity contribution in [1.82, 2.24) is 5.32 Å². The van der Waals surface area contributed by atoms with Crippen molar-refractivity contribution in [3.8, 4) is 5.75 Å². The minimum Gasteiger partial charge on any atom is -0.496 e. The first-order chi connectivity index (χ1) is 7.69. The van der Waals surface area contributed by atoms with Gasteiger partial charge in [-0.05, 0) is 44.6 Å². The zero-order valence-corrected chi connectivity index (χ0v) is 11.4. The average Bonchev–Trinajstić information content (AvgIpc) is 2.29. The summed E-state index contributed by atoms with van der Waals surface area (Å²) in [5.74, 6) is 0.861. The largest absolute Gasteiger partial charge is 0.496 e. The van der Waals surface area contributed by atoms with Gasteiger partial charge in [-0.2, -0.15) is 0 Å². The summed E-state index contributed by atoms with van der Waals surface area (Å²) in [6.07, 6.45) is 2.01. The van der Waals surface area contributed by atoms with E-state index < -0.39 is 0 Å². The summed E-state index contributed by atoms with van der Waals surface area (Å²) >= 11 is 3.45. The first kappa shape index (κ1) is 13.5. The lowest BCUT2D eigenvalue weighted by molar-refractivity contribution is 0.403. The van der Waals surface area contributed by atoms with E-state index in [9.17, 15) is 0 Å². The summed E-state index contributed by atoms with van der Waals surface area (Å²) in [6, 6.07) is 5.96. The Morgan fingerprint density at radius 2 is 2.25 bits per heavy atom. The second-order valence-electron chi connectivity index (χ2n) is 3.74. The number of ether oxygens (including phenoxy) is 1. The summed E-state index contributed by atoms with van der Waals surface area (Å²) in [5, 5.41) is 3.12. The van der Waals surface area contributed by atoms with Crippen LogP contribution in [0.25, 0.3) is 0 Å². The minimum atomic E-state index is 0.0285. The predicted molar refractivity (Wildman–Crippen MR) is 70.8 cm³/mol. The summed E-state index contributed by atoms with van der Waals surface area (Å²) < 4.78 is 6.35. The molecule has 0 fully saturated rings. The molecule has 0 bridgehead atoms. The number of nitrogens with one attached hydrogen (secondary N) is 1. The highest BCUT2D eigenvalue weighted by Gasteiger charge is 2.11. The van der Waals surface area contributed by atoms with Crippen LogP contribution in [-0.4, -0.2) is 20.7 Å². The number of benzene rings is 1. The maximum Gasteiger partial charge on any atom is 0.123 e. The van der Waals surface area contributed by atoms with Gasteiger partial charge in [-0.3, -0.25) is 0 Å². The zero-order valence-electron chi connectivity index (χ0n) is 9.79. The van der Waals surface area contributed by atoms with E-state index >= 15 is 0 Å². The van der Waals surface area contributed by atoms with E-state index in [1.54, 1.807) is 7.11 Å². The third kappa shape index (κ3) is 3.77. The molecule has 90 valence electrons. The molecule has 1 atom stereocenters. The average molecular weight is 287 g/mol. The van der Waals surface area contributed by atoms with Crippen LogP contribution in [0.4, 0.5) is 0 Å². The highest BCUT2D eigenvalue weighted by atomic mass is 79.9. The van der Waals surface area contributed by atoms with Crippen molar-refractivity contribution in [2.24, 2.45) is 5.73 Å². The molecule has 0 spiro atoms. The van der Waals surface area contributed by atoms with Crippen LogP contribution in [-0.2, 0) is 0 Å². The number of hydrogen-bond acceptors (Lipinski definition) is 3. The number of rotatable bonds is 6. The first-order valence-electron chi connectivity index (χ1n) is 5.42. The van der Waals surface area contributed by atoms with Gasteiger partial charge in [0.2, 0.25) is 0 Å². The van der Waals surface area contributed by atoms with Gasteiger partial charge in [0.05, 0.1) is 7.11 Å². The lowest BCUT2D eigenvalue weighted by Gasteiger charge is -2.16. The van der Waals surface area contributed by atoms with Crippen molar-refractivity contribution in [1.29, 1.82) is 0 Å². The fraction of sp³-hybridized carbons (Fsp3) is 0.500. The smallest absolute Gasteiger partial charge is 0.123 e. The second kappa shape index (κ2) is 6.89.